The number of alkyl halides is 3. The minimum atomic E-state index is -4.39. The van der Waals surface area contributed by atoms with E-state index in [0.29, 0.717) is 34.8 Å². The van der Waals surface area contributed by atoms with E-state index in [1.54, 1.807) is 0 Å². The summed E-state index contributed by atoms with van der Waals surface area (Å²) in [5.74, 6) is 2.76. The van der Waals surface area contributed by atoms with E-state index in [2.05, 4.69) is 24.0 Å². The molecule has 0 bridgehead atoms. The van der Waals surface area contributed by atoms with Gasteiger partial charge in [-0.05, 0) is 98.4 Å². The smallest absolute Gasteiger partial charge is 0.393 e. The van der Waals surface area contributed by atoms with Crippen molar-refractivity contribution in [1.82, 2.24) is 10.2 Å². The molecule has 4 fully saturated rings. The standard InChI is InChI=1S/C23H33F3N2O/c1-21-9-7-14(29)11-13(21)3-4-15-16-5-6-18(22(16,2)10-8-17(15)21)19-12-20(28-27-19)23(24,25)26/h12-18,29H,3-11H2,1-2H3,(H,27,28)/t13-,14+,15-,16-,17-,18+,21-,22-/m0/s1. The molecule has 3 nitrogen and oxygen atoms in total. The Labute approximate surface area is 170 Å². The van der Waals surface area contributed by atoms with Gasteiger partial charge in [0, 0.05) is 11.6 Å². The van der Waals surface area contributed by atoms with Crippen LogP contribution in [-0.4, -0.2) is 21.4 Å². The molecule has 0 aromatic carbocycles. The summed E-state index contributed by atoms with van der Waals surface area (Å²) in [6.07, 6.45) is 5.27. The lowest BCUT2D eigenvalue weighted by molar-refractivity contribution is -0.141. The van der Waals surface area contributed by atoms with Gasteiger partial charge in [0.1, 0.15) is 0 Å². The number of nitrogens with one attached hydrogen (secondary N) is 1. The molecule has 0 unspecified atom stereocenters. The topological polar surface area (TPSA) is 48.9 Å². The third-order valence-electron chi connectivity index (χ3n) is 9.90. The molecule has 1 heterocycles. The van der Waals surface area contributed by atoms with Crippen molar-refractivity contribution >= 4 is 0 Å². The van der Waals surface area contributed by atoms with Crippen LogP contribution in [0.1, 0.15) is 88.9 Å². The summed E-state index contributed by atoms with van der Waals surface area (Å²) in [6, 6.07) is 1.26. The van der Waals surface area contributed by atoms with E-state index < -0.39 is 11.9 Å². The fraction of sp³-hybridized carbons (Fsp3) is 0.870. The summed E-state index contributed by atoms with van der Waals surface area (Å²) < 4.78 is 39.2. The molecule has 2 N–H and O–H groups in total. The van der Waals surface area contributed by atoms with Gasteiger partial charge in [-0.15, -0.1) is 0 Å². The summed E-state index contributed by atoms with van der Waals surface area (Å²) >= 11 is 0. The number of rotatable bonds is 1. The van der Waals surface area contributed by atoms with Crippen molar-refractivity contribution in [3.05, 3.63) is 17.5 Å². The number of hydrogen-bond acceptors (Lipinski definition) is 2. The Morgan fingerprint density at radius 1 is 1.00 bits per heavy atom. The number of halogens is 3. The normalized spacial score (nSPS) is 47.4. The second-order valence-corrected chi connectivity index (χ2v) is 11.0. The number of nitrogens with zero attached hydrogens (tertiary/aromatic N) is 1. The van der Waals surface area contributed by atoms with Crippen molar-refractivity contribution in [3.63, 3.8) is 0 Å². The zero-order chi connectivity index (χ0) is 20.6. The van der Waals surface area contributed by atoms with Crippen LogP contribution >= 0.6 is 0 Å². The molecular weight excluding hydrogens is 377 g/mol. The average molecular weight is 411 g/mol. The molecule has 5 rings (SSSR count). The van der Waals surface area contributed by atoms with E-state index in [0.717, 1.165) is 38.5 Å². The van der Waals surface area contributed by atoms with Crippen LogP contribution in [0.25, 0.3) is 0 Å². The van der Waals surface area contributed by atoms with Crippen molar-refractivity contribution < 1.29 is 18.3 Å². The number of aromatic amines is 1. The molecular formula is C23H33F3N2O. The first-order valence-electron chi connectivity index (χ1n) is 11.4. The zero-order valence-corrected chi connectivity index (χ0v) is 17.4. The third kappa shape index (κ3) is 2.91. The molecule has 0 spiro atoms. The van der Waals surface area contributed by atoms with Gasteiger partial charge in [-0.2, -0.15) is 18.3 Å². The van der Waals surface area contributed by atoms with Gasteiger partial charge < -0.3 is 5.11 Å². The fourth-order valence-corrected chi connectivity index (χ4v) is 8.41. The molecule has 0 radical (unpaired) electrons. The summed E-state index contributed by atoms with van der Waals surface area (Å²) in [4.78, 5) is 0. The van der Waals surface area contributed by atoms with Crippen LogP contribution in [0, 0.1) is 34.5 Å². The Morgan fingerprint density at radius 3 is 2.45 bits per heavy atom. The Hall–Kier alpha value is -1.04. The first-order valence-corrected chi connectivity index (χ1v) is 11.4. The maximum Gasteiger partial charge on any atom is 0.435 e. The molecule has 4 aliphatic carbocycles. The summed E-state index contributed by atoms with van der Waals surface area (Å²) in [7, 11) is 0. The van der Waals surface area contributed by atoms with Gasteiger partial charge in [-0.25, -0.2) is 0 Å². The van der Waals surface area contributed by atoms with Crippen molar-refractivity contribution in [3.8, 4) is 0 Å². The number of H-pyrrole nitrogens is 1. The highest BCUT2D eigenvalue weighted by Crippen LogP contribution is 2.68. The van der Waals surface area contributed by atoms with E-state index in [1.165, 1.54) is 25.3 Å². The van der Waals surface area contributed by atoms with E-state index >= 15 is 0 Å². The molecule has 1 aromatic rings. The molecule has 0 saturated heterocycles. The quantitative estimate of drug-likeness (QED) is 0.604. The molecule has 4 aliphatic rings. The highest BCUT2D eigenvalue weighted by Gasteiger charge is 2.60. The fourth-order valence-electron chi connectivity index (χ4n) is 8.41. The first kappa shape index (κ1) is 19.9. The number of hydrogen-bond donors (Lipinski definition) is 2. The first-order chi connectivity index (χ1) is 13.6. The lowest BCUT2D eigenvalue weighted by Gasteiger charge is -2.61. The van der Waals surface area contributed by atoms with Crippen molar-refractivity contribution in [2.24, 2.45) is 34.5 Å². The second-order valence-electron chi connectivity index (χ2n) is 11.0. The largest absolute Gasteiger partial charge is 0.435 e. The Morgan fingerprint density at radius 2 is 1.72 bits per heavy atom. The molecule has 1 aromatic heterocycles. The van der Waals surface area contributed by atoms with Gasteiger partial charge in [-0.3, -0.25) is 5.10 Å². The molecule has 29 heavy (non-hydrogen) atoms. The molecule has 8 atom stereocenters. The minimum absolute atomic E-state index is 0.0634. The van der Waals surface area contributed by atoms with Crippen molar-refractivity contribution in [2.75, 3.05) is 0 Å². The Kier molecular flexibility index (Phi) is 4.44. The summed E-state index contributed by atoms with van der Waals surface area (Å²) in [6.45, 7) is 4.80. The van der Waals surface area contributed by atoms with Gasteiger partial charge >= 0.3 is 6.18 Å². The SMILES string of the molecule is C[C@]12CC[C@@H](O)C[C@@H]1CC[C@@H]1[C@@H]2CC[C@]2(C)[C@@H](c3cc(C(F)(F)F)n[nH]3)CC[C@@H]12. The Bertz CT molecular complexity index is 776. The maximum absolute atomic E-state index is 13.1. The molecule has 6 heteroatoms. The molecule has 0 amide bonds. The highest BCUT2D eigenvalue weighted by molar-refractivity contribution is 5.22. The highest BCUT2D eigenvalue weighted by atomic mass is 19.4. The summed E-state index contributed by atoms with van der Waals surface area (Å²) in [5.41, 5.74) is 0.288. The minimum Gasteiger partial charge on any atom is -0.393 e. The second kappa shape index (κ2) is 6.48. The van der Waals surface area contributed by atoms with Crippen molar-refractivity contribution in [1.29, 1.82) is 0 Å². The Balaban J connectivity index is 1.40. The van der Waals surface area contributed by atoms with Crippen molar-refractivity contribution in [2.45, 2.75) is 89.8 Å². The third-order valence-corrected chi connectivity index (χ3v) is 9.90. The van der Waals surface area contributed by atoms with Crippen LogP contribution in [0.5, 0.6) is 0 Å². The summed E-state index contributed by atoms with van der Waals surface area (Å²) in [5, 5.41) is 16.5. The van der Waals surface area contributed by atoms with E-state index in [9.17, 15) is 18.3 Å². The van der Waals surface area contributed by atoms with E-state index in [1.807, 2.05) is 0 Å². The number of aliphatic hydroxyl groups is 1. The molecule has 4 saturated carbocycles. The van der Waals surface area contributed by atoms with Gasteiger partial charge in [0.15, 0.2) is 5.69 Å². The van der Waals surface area contributed by atoms with Crippen LogP contribution in [0.2, 0.25) is 0 Å². The van der Waals surface area contributed by atoms with E-state index in [4.69, 9.17) is 0 Å². The van der Waals surface area contributed by atoms with Gasteiger partial charge in [0.2, 0.25) is 0 Å². The molecule has 0 aliphatic heterocycles. The monoisotopic (exact) mass is 410 g/mol. The zero-order valence-electron chi connectivity index (χ0n) is 17.4. The van der Waals surface area contributed by atoms with Gasteiger partial charge in [0.25, 0.3) is 0 Å². The number of aromatic nitrogens is 2. The lowest BCUT2D eigenvalue weighted by Crippen LogP contribution is -2.53. The lowest BCUT2D eigenvalue weighted by atomic mass is 9.44. The van der Waals surface area contributed by atoms with Crippen LogP contribution in [0.3, 0.4) is 0 Å². The predicted octanol–water partition coefficient (Wildman–Crippen LogP) is 5.92. The number of aliphatic hydroxyl groups excluding tert-OH is 1. The molecule has 162 valence electrons. The average Bonchev–Trinajstić information content (AvgIpc) is 3.26. The van der Waals surface area contributed by atoms with Crippen LogP contribution in [-0.2, 0) is 6.18 Å². The maximum atomic E-state index is 13.1. The van der Waals surface area contributed by atoms with Crippen LogP contribution < -0.4 is 0 Å². The van der Waals surface area contributed by atoms with Gasteiger partial charge in [0.05, 0.1) is 6.10 Å². The number of fused-ring (bicyclic) bond motifs is 5. The van der Waals surface area contributed by atoms with Crippen LogP contribution in [0.4, 0.5) is 13.2 Å². The van der Waals surface area contributed by atoms with E-state index in [-0.39, 0.29) is 17.4 Å². The predicted molar refractivity (Wildman–Crippen MR) is 104 cm³/mol. The van der Waals surface area contributed by atoms with Gasteiger partial charge in [-0.1, -0.05) is 13.8 Å². The van der Waals surface area contributed by atoms with Crippen LogP contribution in [0.15, 0.2) is 6.07 Å².